The second kappa shape index (κ2) is 8.02. The van der Waals surface area contributed by atoms with Gasteiger partial charge in [0.15, 0.2) is 5.16 Å². The van der Waals surface area contributed by atoms with Crippen LogP contribution in [-0.4, -0.2) is 29.1 Å². The van der Waals surface area contributed by atoms with Crippen molar-refractivity contribution in [2.45, 2.75) is 10.9 Å². The van der Waals surface area contributed by atoms with E-state index in [2.05, 4.69) is 39.4 Å². The number of H-pyrrole nitrogens is 1. The maximum absolute atomic E-state index is 12.6. The van der Waals surface area contributed by atoms with E-state index in [4.69, 9.17) is 4.98 Å². The molecule has 0 amide bonds. The summed E-state index contributed by atoms with van der Waals surface area (Å²) in [6.07, 6.45) is 0. The van der Waals surface area contributed by atoms with E-state index >= 15 is 0 Å². The topological polar surface area (TPSA) is 80.9 Å². The third kappa shape index (κ3) is 3.37. The molecule has 0 spiro atoms. The lowest BCUT2D eigenvalue weighted by Crippen LogP contribution is -2.19. The molecule has 0 unspecified atom stereocenters. The molecular formula is C24H18N6OS2. The average molecular weight is 471 g/mol. The Morgan fingerprint density at radius 3 is 2.45 bits per heavy atom. The minimum atomic E-state index is -0.0508. The molecule has 0 aliphatic carbocycles. The number of aromatic amines is 1. The molecule has 0 aliphatic rings. The van der Waals surface area contributed by atoms with E-state index in [0.717, 1.165) is 39.0 Å². The van der Waals surface area contributed by atoms with Gasteiger partial charge in [-0.1, -0.05) is 72.4 Å². The van der Waals surface area contributed by atoms with E-state index in [1.165, 1.54) is 11.3 Å². The number of benzene rings is 2. The molecule has 162 valence electrons. The first kappa shape index (κ1) is 20.0. The van der Waals surface area contributed by atoms with Crippen molar-refractivity contribution in [3.63, 3.8) is 0 Å². The molecule has 0 aliphatic heterocycles. The quantitative estimate of drug-likeness (QED) is 0.359. The third-order valence-corrected chi connectivity index (χ3v) is 7.29. The molecule has 0 saturated heterocycles. The van der Waals surface area contributed by atoms with Crippen LogP contribution in [0.1, 0.15) is 5.82 Å². The first-order valence-corrected chi connectivity index (χ1v) is 12.2. The smallest absolute Gasteiger partial charge is 0.272 e. The van der Waals surface area contributed by atoms with Crippen molar-refractivity contribution >= 4 is 39.1 Å². The lowest BCUT2D eigenvalue weighted by atomic mass is 10.1. The molecular weight excluding hydrogens is 452 g/mol. The number of rotatable bonds is 5. The van der Waals surface area contributed by atoms with Gasteiger partial charge < -0.3 is 4.98 Å². The second-order valence-electron chi connectivity index (χ2n) is 7.54. The molecule has 7 nitrogen and oxygen atoms in total. The molecule has 0 fully saturated rings. The Kier molecular flexibility index (Phi) is 4.85. The van der Waals surface area contributed by atoms with E-state index in [0.29, 0.717) is 16.2 Å². The SMILES string of the molecule is Cn1c(=O)c2sccc2n2c(CSc3nc(-c4ccccc4)c(-c4ccccc4)[nH]3)nnc12. The average Bonchev–Trinajstić information content (AvgIpc) is 3.60. The number of thiophene rings is 1. The van der Waals surface area contributed by atoms with Gasteiger partial charge in [-0.25, -0.2) is 4.98 Å². The summed E-state index contributed by atoms with van der Waals surface area (Å²) in [7, 11) is 1.73. The van der Waals surface area contributed by atoms with Crippen molar-refractivity contribution in [1.82, 2.24) is 29.1 Å². The standard InChI is InChI=1S/C24H18N6OS2/c1-29-22(31)21-17(12-13-32-21)30-18(27-28-24(29)30)14-33-23-25-19(15-8-4-2-5-9-15)20(26-23)16-10-6-3-7-11-16/h2-13H,14H2,1H3,(H,25,26). The van der Waals surface area contributed by atoms with E-state index in [1.54, 1.807) is 23.4 Å². The number of fused-ring (bicyclic) bond motifs is 3. The highest BCUT2D eigenvalue weighted by atomic mass is 32.2. The van der Waals surface area contributed by atoms with Crippen LogP contribution in [0.25, 0.3) is 38.5 Å². The Hall–Kier alpha value is -3.69. The summed E-state index contributed by atoms with van der Waals surface area (Å²) in [5, 5.41) is 11.4. The first-order chi connectivity index (χ1) is 16.2. The highest BCUT2D eigenvalue weighted by molar-refractivity contribution is 7.98. The van der Waals surface area contributed by atoms with Crippen LogP contribution in [0.4, 0.5) is 0 Å². The van der Waals surface area contributed by atoms with Gasteiger partial charge in [-0.2, -0.15) is 0 Å². The molecule has 1 N–H and O–H groups in total. The number of nitrogens with one attached hydrogen (secondary N) is 1. The zero-order chi connectivity index (χ0) is 22.4. The molecule has 0 bridgehead atoms. The number of aromatic nitrogens is 6. The van der Waals surface area contributed by atoms with Gasteiger partial charge in [0.2, 0.25) is 5.78 Å². The molecule has 4 heterocycles. The molecule has 33 heavy (non-hydrogen) atoms. The maximum atomic E-state index is 12.6. The summed E-state index contributed by atoms with van der Waals surface area (Å²) in [6, 6.07) is 22.3. The molecule has 0 atom stereocenters. The number of hydrogen-bond donors (Lipinski definition) is 1. The Balaban J connectivity index is 1.40. The van der Waals surface area contributed by atoms with Crippen LogP contribution in [0.2, 0.25) is 0 Å². The molecule has 0 radical (unpaired) electrons. The number of hydrogen-bond acceptors (Lipinski definition) is 6. The summed E-state index contributed by atoms with van der Waals surface area (Å²) >= 11 is 3.00. The fourth-order valence-electron chi connectivity index (χ4n) is 3.92. The minimum Gasteiger partial charge on any atom is -0.332 e. The Morgan fingerprint density at radius 1 is 0.970 bits per heavy atom. The lowest BCUT2D eigenvalue weighted by molar-refractivity contribution is 0.860. The second-order valence-corrected chi connectivity index (χ2v) is 9.42. The van der Waals surface area contributed by atoms with Crippen LogP contribution in [-0.2, 0) is 12.8 Å². The van der Waals surface area contributed by atoms with Gasteiger partial charge in [-0.3, -0.25) is 13.8 Å². The Labute approximate surface area is 196 Å². The van der Waals surface area contributed by atoms with Crippen LogP contribution >= 0.6 is 23.1 Å². The zero-order valence-corrected chi connectivity index (χ0v) is 19.2. The number of thioether (sulfide) groups is 1. The molecule has 9 heteroatoms. The van der Waals surface area contributed by atoms with Crippen LogP contribution in [0.3, 0.4) is 0 Å². The highest BCUT2D eigenvalue weighted by Gasteiger charge is 2.18. The fourth-order valence-corrected chi connectivity index (χ4v) is 5.55. The van der Waals surface area contributed by atoms with Gasteiger partial charge in [0.05, 0.1) is 22.7 Å². The van der Waals surface area contributed by atoms with Crippen LogP contribution in [0.15, 0.2) is 82.1 Å². The number of aryl methyl sites for hydroxylation is 1. The van der Waals surface area contributed by atoms with Gasteiger partial charge >= 0.3 is 0 Å². The summed E-state index contributed by atoms with van der Waals surface area (Å²) < 4.78 is 4.21. The van der Waals surface area contributed by atoms with Crippen LogP contribution in [0, 0.1) is 0 Å². The summed E-state index contributed by atoms with van der Waals surface area (Å²) in [4.78, 5) is 21.0. The molecule has 0 saturated carbocycles. The lowest BCUT2D eigenvalue weighted by Gasteiger charge is -2.04. The van der Waals surface area contributed by atoms with Crippen LogP contribution < -0.4 is 5.56 Å². The number of imidazole rings is 1. The predicted molar refractivity (Wildman–Crippen MR) is 133 cm³/mol. The van der Waals surface area contributed by atoms with Crippen molar-refractivity contribution in [2.24, 2.45) is 7.05 Å². The van der Waals surface area contributed by atoms with Gasteiger partial charge in [-0.15, -0.1) is 21.5 Å². The fraction of sp³-hybridized carbons (Fsp3) is 0.0833. The van der Waals surface area contributed by atoms with E-state index in [9.17, 15) is 4.79 Å². The number of nitrogens with zero attached hydrogens (tertiary/aromatic N) is 5. The first-order valence-electron chi connectivity index (χ1n) is 10.3. The van der Waals surface area contributed by atoms with E-state index in [1.807, 2.05) is 52.2 Å². The normalized spacial score (nSPS) is 11.5. The molecule has 2 aromatic carbocycles. The summed E-state index contributed by atoms with van der Waals surface area (Å²) in [5.74, 6) is 1.86. The van der Waals surface area contributed by atoms with Crippen LogP contribution in [0.5, 0.6) is 0 Å². The highest BCUT2D eigenvalue weighted by Crippen LogP contribution is 2.33. The predicted octanol–water partition coefficient (Wildman–Crippen LogP) is 4.99. The summed E-state index contributed by atoms with van der Waals surface area (Å²) in [5.41, 5.74) is 4.83. The van der Waals surface area contributed by atoms with Crippen molar-refractivity contribution in [3.05, 3.63) is 88.3 Å². The van der Waals surface area contributed by atoms with Gasteiger partial charge in [0.1, 0.15) is 10.5 Å². The molecule has 4 aromatic heterocycles. The van der Waals surface area contributed by atoms with Crippen molar-refractivity contribution < 1.29 is 0 Å². The summed E-state index contributed by atoms with van der Waals surface area (Å²) in [6.45, 7) is 0. The molecule has 6 aromatic rings. The van der Waals surface area contributed by atoms with Crippen molar-refractivity contribution in [1.29, 1.82) is 0 Å². The minimum absolute atomic E-state index is 0.0508. The van der Waals surface area contributed by atoms with E-state index < -0.39 is 0 Å². The monoisotopic (exact) mass is 470 g/mol. The molecule has 6 rings (SSSR count). The Morgan fingerprint density at radius 2 is 1.70 bits per heavy atom. The van der Waals surface area contributed by atoms with Gasteiger partial charge in [-0.05, 0) is 11.4 Å². The zero-order valence-electron chi connectivity index (χ0n) is 17.6. The van der Waals surface area contributed by atoms with E-state index in [-0.39, 0.29) is 5.56 Å². The largest absolute Gasteiger partial charge is 0.332 e. The Bertz CT molecular complexity index is 1590. The van der Waals surface area contributed by atoms with Crippen molar-refractivity contribution in [3.8, 4) is 22.5 Å². The van der Waals surface area contributed by atoms with Crippen molar-refractivity contribution in [2.75, 3.05) is 0 Å². The van der Waals surface area contributed by atoms with Gasteiger partial charge in [0, 0.05) is 18.2 Å². The maximum Gasteiger partial charge on any atom is 0.272 e. The van der Waals surface area contributed by atoms with Gasteiger partial charge in [0.25, 0.3) is 5.56 Å². The third-order valence-electron chi connectivity index (χ3n) is 5.53.